The van der Waals surface area contributed by atoms with Gasteiger partial charge in [0.2, 0.25) is 5.91 Å². The first-order valence-corrected chi connectivity index (χ1v) is 5.96. The van der Waals surface area contributed by atoms with Gasteiger partial charge in [-0.1, -0.05) is 18.2 Å². The second kappa shape index (κ2) is 6.13. The Kier molecular flexibility index (Phi) is 4.99. The van der Waals surface area contributed by atoms with Gasteiger partial charge >= 0.3 is 6.36 Å². The van der Waals surface area contributed by atoms with E-state index in [2.05, 4.69) is 10.1 Å². The molecule has 0 bridgehead atoms. The molecule has 3 N–H and O–H groups in total. The van der Waals surface area contributed by atoms with Crippen LogP contribution < -0.4 is 15.8 Å². The first kappa shape index (κ1) is 16.3. The van der Waals surface area contributed by atoms with Crippen molar-refractivity contribution in [2.45, 2.75) is 38.7 Å². The van der Waals surface area contributed by atoms with Crippen molar-refractivity contribution in [1.29, 1.82) is 0 Å². The number of hydrogen-bond donors (Lipinski definition) is 2. The first-order valence-electron chi connectivity index (χ1n) is 5.96. The predicted molar refractivity (Wildman–Crippen MR) is 67.9 cm³/mol. The van der Waals surface area contributed by atoms with E-state index in [4.69, 9.17) is 5.73 Å². The van der Waals surface area contributed by atoms with E-state index in [9.17, 15) is 18.0 Å². The van der Waals surface area contributed by atoms with Gasteiger partial charge in [-0.15, -0.1) is 13.2 Å². The molecule has 0 aliphatic carbocycles. The molecule has 0 fully saturated rings. The van der Waals surface area contributed by atoms with Crippen molar-refractivity contribution in [2.24, 2.45) is 5.73 Å². The van der Waals surface area contributed by atoms with Crippen LogP contribution in [-0.2, 0) is 11.3 Å². The van der Waals surface area contributed by atoms with Crippen LogP contribution in [-0.4, -0.2) is 17.8 Å². The smallest absolute Gasteiger partial charge is 0.405 e. The number of carbonyl (C=O) groups excluding carboxylic acids is 1. The molecule has 1 rings (SSSR count). The molecular formula is C13H17F3N2O2. The molecule has 0 aliphatic heterocycles. The quantitative estimate of drug-likeness (QED) is 0.874. The highest BCUT2D eigenvalue weighted by Gasteiger charge is 2.32. The SMILES string of the molecule is CC(C)(N)CC(=O)NCc1ccccc1OC(F)(F)F. The van der Waals surface area contributed by atoms with Gasteiger partial charge in [-0.2, -0.15) is 0 Å². The summed E-state index contributed by atoms with van der Waals surface area (Å²) in [5.41, 5.74) is 5.25. The number of rotatable bonds is 5. The summed E-state index contributed by atoms with van der Waals surface area (Å²) in [7, 11) is 0. The maximum Gasteiger partial charge on any atom is 0.573 e. The second-order valence-corrected chi connectivity index (χ2v) is 5.10. The van der Waals surface area contributed by atoms with Crippen LogP contribution in [0.1, 0.15) is 25.8 Å². The number of nitrogens with two attached hydrogens (primary N) is 1. The fourth-order valence-electron chi connectivity index (χ4n) is 1.54. The van der Waals surface area contributed by atoms with Gasteiger partial charge in [0.15, 0.2) is 0 Å². The summed E-state index contributed by atoms with van der Waals surface area (Å²) < 4.78 is 40.5. The summed E-state index contributed by atoms with van der Waals surface area (Å²) in [5, 5.41) is 2.52. The number of ether oxygens (including phenoxy) is 1. The number of amides is 1. The zero-order valence-corrected chi connectivity index (χ0v) is 11.3. The summed E-state index contributed by atoms with van der Waals surface area (Å²) in [6.07, 6.45) is -4.69. The third-order valence-corrected chi connectivity index (χ3v) is 2.29. The zero-order chi connectivity index (χ0) is 15.4. The van der Waals surface area contributed by atoms with Gasteiger partial charge in [0.1, 0.15) is 5.75 Å². The number of nitrogens with one attached hydrogen (secondary N) is 1. The number of para-hydroxylation sites is 1. The molecule has 7 heteroatoms. The van der Waals surface area contributed by atoms with E-state index < -0.39 is 11.9 Å². The average molecular weight is 290 g/mol. The van der Waals surface area contributed by atoms with Gasteiger partial charge in [0.25, 0.3) is 0 Å². The van der Waals surface area contributed by atoms with E-state index >= 15 is 0 Å². The molecule has 0 radical (unpaired) electrons. The lowest BCUT2D eigenvalue weighted by molar-refractivity contribution is -0.274. The fourth-order valence-corrected chi connectivity index (χ4v) is 1.54. The van der Waals surface area contributed by atoms with Gasteiger partial charge in [0, 0.05) is 24.1 Å². The van der Waals surface area contributed by atoms with Crippen molar-refractivity contribution >= 4 is 5.91 Å². The molecule has 0 atom stereocenters. The molecule has 0 unspecified atom stereocenters. The largest absolute Gasteiger partial charge is 0.573 e. The Morgan fingerprint density at radius 2 is 1.90 bits per heavy atom. The van der Waals surface area contributed by atoms with Crippen molar-refractivity contribution in [2.75, 3.05) is 0 Å². The van der Waals surface area contributed by atoms with Gasteiger partial charge in [-0.05, 0) is 19.9 Å². The molecule has 112 valence electrons. The lowest BCUT2D eigenvalue weighted by Crippen LogP contribution is -2.38. The van der Waals surface area contributed by atoms with E-state index in [0.717, 1.165) is 0 Å². The summed E-state index contributed by atoms with van der Waals surface area (Å²) >= 11 is 0. The van der Waals surface area contributed by atoms with Crippen LogP contribution in [0.4, 0.5) is 13.2 Å². The van der Waals surface area contributed by atoms with E-state index in [1.807, 2.05) is 0 Å². The number of hydrogen-bond acceptors (Lipinski definition) is 3. The molecule has 0 spiro atoms. The lowest BCUT2D eigenvalue weighted by Gasteiger charge is -2.18. The number of benzene rings is 1. The van der Waals surface area contributed by atoms with Gasteiger partial charge in [-0.3, -0.25) is 4.79 Å². The fraction of sp³-hybridized carbons (Fsp3) is 0.462. The summed E-state index contributed by atoms with van der Waals surface area (Å²) in [6.45, 7) is 3.32. The first-order chi connectivity index (χ1) is 9.07. The minimum Gasteiger partial charge on any atom is -0.405 e. The lowest BCUT2D eigenvalue weighted by atomic mass is 10.0. The van der Waals surface area contributed by atoms with Crippen LogP contribution in [0, 0.1) is 0 Å². The van der Waals surface area contributed by atoms with Gasteiger partial charge in [-0.25, -0.2) is 0 Å². The average Bonchev–Trinajstić information content (AvgIpc) is 2.23. The summed E-state index contributed by atoms with van der Waals surface area (Å²) in [5.74, 6) is -0.661. The molecule has 20 heavy (non-hydrogen) atoms. The highest BCUT2D eigenvalue weighted by molar-refractivity contribution is 5.77. The molecule has 0 saturated heterocycles. The second-order valence-electron chi connectivity index (χ2n) is 5.10. The minimum atomic E-state index is -4.76. The maximum absolute atomic E-state index is 12.2. The Balaban J connectivity index is 2.67. The molecule has 1 amide bonds. The Hall–Kier alpha value is -1.76. The molecular weight excluding hydrogens is 273 g/mol. The Morgan fingerprint density at radius 1 is 1.30 bits per heavy atom. The Morgan fingerprint density at radius 3 is 2.45 bits per heavy atom. The van der Waals surface area contributed by atoms with Crippen LogP contribution >= 0.6 is 0 Å². The standard InChI is InChI=1S/C13H17F3N2O2/c1-12(2,17)7-11(19)18-8-9-5-3-4-6-10(9)20-13(14,15)16/h3-6H,7-8,17H2,1-2H3,(H,18,19). The van der Waals surface area contributed by atoms with E-state index in [0.29, 0.717) is 0 Å². The van der Waals surface area contributed by atoms with E-state index in [1.54, 1.807) is 19.9 Å². The molecule has 0 saturated carbocycles. The third kappa shape index (κ3) is 6.42. The van der Waals surface area contributed by atoms with Crippen molar-refractivity contribution in [3.05, 3.63) is 29.8 Å². The summed E-state index contributed by atoms with van der Waals surface area (Å²) in [6, 6.07) is 5.64. The van der Waals surface area contributed by atoms with Crippen molar-refractivity contribution < 1.29 is 22.7 Å². The number of carbonyl (C=O) groups is 1. The number of alkyl halides is 3. The molecule has 0 aliphatic rings. The minimum absolute atomic E-state index is 0.0544. The number of halogens is 3. The monoisotopic (exact) mass is 290 g/mol. The topological polar surface area (TPSA) is 64.4 Å². The van der Waals surface area contributed by atoms with Crippen molar-refractivity contribution in [1.82, 2.24) is 5.32 Å². The molecule has 1 aromatic carbocycles. The van der Waals surface area contributed by atoms with Crippen molar-refractivity contribution in [3.63, 3.8) is 0 Å². The highest BCUT2D eigenvalue weighted by atomic mass is 19.4. The Labute approximate surface area is 115 Å². The van der Waals surface area contributed by atoms with Crippen LogP contribution in [0.3, 0.4) is 0 Å². The molecule has 0 aromatic heterocycles. The van der Waals surface area contributed by atoms with E-state index in [1.165, 1.54) is 18.2 Å². The van der Waals surface area contributed by atoms with Crippen LogP contribution in [0.2, 0.25) is 0 Å². The van der Waals surface area contributed by atoms with Crippen LogP contribution in [0.5, 0.6) is 5.75 Å². The molecule has 1 aromatic rings. The van der Waals surface area contributed by atoms with Gasteiger partial charge in [0.05, 0.1) is 0 Å². The zero-order valence-electron chi connectivity index (χ0n) is 11.3. The van der Waals surface area contributed by atoms with E-state index in [-0.39, 0.29) is 30.2 Å². The molecule has 0 heterocycles. The van der Waals surface area contributed by atoms with Crippen LogP contribution in [0.25, 0.3) is 0 Å². The highest BCUT2D eigenvalue weighted by Crippen LogP contribution is 2.26. The van der Waals surface area contributed by atoms with Crippen molar-refractivity contribution in [3.8, 4) is 5.75 Å². The van der Waals surface area contributed by atoms with Crippen LogP contribution in [0.15, 0.2) is 24.3 Å². The summed E-state index contributed by atoms with van der Waals surface area (Å²) in [4.78, 5) is 11.6. The normalized spacial score (nSPS) is 12.1. The predicted octanol–water partition coefficient (Wildman–Crippen LogP) is 2.33. The van der Waals surface area contributed by atoms with Gasteiger partial charge < -0.3 is 15.8 Å². The maximum atomic E-state index is 12.2. The molecule has 4 nitrogen and oxygen atoms in total. The Bertz CT molecular complexity index is 467. The third-order valence-electron chi connectivity index (χ3n) is 2.29.